The molecule has 1 heterocycles. The Bertz CT molecular complexity index is 509. The van der Waals surface area contributed by atoms with Crippen molar-refractivity contribution in [3.8, 4) is 0 Å². The van der Waals surface area contributed by atoms with Gasteiger partial charge >= 0.3 is 0 Å². The highest BCUT2D eigenvalue weighted by atomic mass is 16.2. The highest BCUT2D eigenvalue weighted by Crippen LogP contribution is 2.20. The molecular weight excluding hydrogens is 272 g/mol. The SMILES string of the molecule is C=CC(=O)N1C(C)CN(Cc2ccc(C(C)C)cc2)CC1C. The van der Waals surface area contributed by atoms with Crippen molar-refractivity contribution in [2.24, 2.45) is 0 Å². The number of amides is 1. The summed E-state index contributed by atoms with van der Waals surface area (Å²) in [5, 5.41) is 0. The summed E-state index contributed by atoms with van der Waals surface area (Å²) >= 11 is 0. The summed E-state index contributed by atoms with van der Waals surface area (Å²) in [7, 11) is 0. The van der Waals surface area contributed by atoms with Crippen molar-refractivity contribution in [1.29, 1.82) is 0 Å². The van der Waals surface area contributed by atoms with Gasteiger partial charge in [-0.1, -0.05) is 44.7 Å². The maximum atomic E-state index is 11.9. The smallest absolute Gasteiger partial charge is 0.246 e. The lowest BCUT2D eigenvalue weighted by molar-refractivity contribution is -0.133. The lowest BCUT2D eigenvalue weighted by Crippen LogP contribution is -2.57. The Labute approximate surface area is 134 Å². The van der Waals surface area contributed by atoms with Crippen LogP contribution < -0.4 is 0 Å². The number of benzene rings is 1. The Morgan fingerprint density at radius 3 is 2.23 bits per heavy atom. The zero-order valence-electron chi connectivity index (χ0n) is 14.2. The monoisotopic (exact) mass is 300 g/mol. The first-order valence-electron chi connectivity index (χ1n) is 8.18. The first-order chi connectivity index (χ1) is 10.4. The highest BCUT2D eigenvalue weighted by molar-refractivity contribution is 5.87. The normalized spacial score (nSPS) is 22.9. The fraction of sp³-hybridized carbons (Fsp3) is 0.526. The van der Waals surface area contributed by atoms with Crippen molar-refractivity contribution >= 4 is 5.91 Å². The van der Waals surface area contributed by atoms with Crippen LogP contribution in [0.4, 0.5) is 0 Å². The summed E-state index contributed by atoms with van der Waals surface area (Å²) < 4.78 is 0. The van der Waals surface area contributed by atoms with E-state index in [4.69, 9.17) is 0 Å². The van der Waals surface area contributed by atoms with Gasteiger partial charge in [-0.15, -0.1) is 0 Å². The third-order valence-corrected chi connectivity index (χ3v) is 4.48. The largest absolute Gasteiger partial charge is 0.331 e. The Balaban J connectivity index is 2.00. The molecule has 0 spiro atoms. The molecule has 1 aliphatic rings. The molecule has 0 radical (unpaired) electrons. The van der Waals surface area contributed by atoms with Gasteiger partial charge in [-0.2, -0.15) is 0 Å². The minimum Gasteiger partial charge on any atom is -0.331 e. The molecule has 0 aromatic heterocycles. The molecule has 0 saturated carbocycles. The van der Waals surface area contributed by atoms with E-state index in [-0.39, 0.29) is 18.0 Å². The molecule has 120 valence electrons. The van der Waals surface area contributed by atoms with Crippen LogP contribution in [0.5, 0.6) is 0 Å². The predicted molar refractivity (Wildman–Crippen MR) is 91.8 cm³/mol. The molecule has 1 amide bonds. The predicted octanol–water partition coefficient (Wildman–Crippen LogP) is 3.42. The molecule has 1 aliphatic heterocycles. The van der Waals surface area contributed by atoms with Gasteiger partial charge in [0.2, 0.25) is 5.91 Å². The third kappa shape index (κ3) is 3.77. The van der Waals surface area contributed by atoms with Crippen LogP contribution in [0.15, 0.2) is 36.9 Å². The van der Waals surface area contributed by atoms with Gasteiger partial charge in [0.25, 0.3) is 0 Å². The van der Waals surface area contributed by atoms with Crippen LogP contribution in [-0.4, -0.2) is 40.9 Å². The van der Waals surface area contributed by atoms with Gasteiger partial charge in [-0.3, -0.25) is 9.69 Å². The summed E-state index contributed by atoms with van der Waals surface area (Å²) in [5.41, 5.74) is 2.72. The minimum atomic E-state index is 0.0425. The molecule has 0 aliphatic carbocycles. The number of rotatable bonds is 4. The fourth-order valence-corrected chi connectivity index (χ4v) is 3.37. The Morgan fingerprint density at radius 1 is 1.23 bits per heavy atom. The third-order valence-electron chi connectivity index (χ3n) is 4.48. The van der Waals surface area contributed by atoms with E-state index in [1.165, 1.54) is 17.2 Å². The van der Waals surface area contributed by atoms with E-state index in [0.717, 1.165) is 19.6 Å². The number of piperazine rings is 1. The average molecular weight is 300 g/mol. The van der Waals surface area contributed by atoms with Crippen molar-refractivity contribution in [3.05, 3.63) is 48.0 Å². The zero-order chi connectivity index (χ0) is 16.3. The van der Waals surface area contributed by atoms with Crippen LogP contribution in [0, 0.1) is 0 Å². The van der Waals surface area contributed by atoms with Crippen LogP contribution in [0.1, 0.15) is 44.7 Å². The quantitative estimate of drug-likeness (QED) is 0.796. The molecule has 3 heteroatoms. The van der Waals surface area contributed by atoms with Crippen molar-refractivity contribution in [3.63, 3.8) is 0 Å². The van der Waals surface area contributed by atoms with E-state index in [9.17, 15) is 4.79 Å². The Kier molecular flexibility index (Phi) is 5.41. The first kappa shape index (κ1) is 16.8. The molecule has 0 N–H and O–H groups in total. The van der Waals surface area contributed by atoms with Gasteiger partial charge in [0.15, 0.2) is 0 Å². The molecule has 22 heavy (non-hydrogen) atoms. The second-order valence-corrected chi connectivity index (χ2v) is 6.74. The van der Waals surface area contributed by atoms with E-state index in [1.54, 1.807) is 0 Å². The molecule has 2 unspecified atom stereocenters. The zero-order valence-corrected chi connectivity index (χ0v) is 14.2. The van der Waals surface area contributed by atoms with Gasteiger partial charge in [-0.05, 0) is 37.0 Å². The standard InChI is InChI=1S/C19H28N2O/c1-6-19(22)21-15(4)11-20(12-16(21)5)13-17-7-9-18(10-8-17)14(2)3/h6-10,14-16H,1,11-13H2,2-5H3. The summed E-state index contributed by atoms with van der Waals surface area (Å²) in [6.45, 7) is 15.0. The first-order valence-corrected chi connectivity index (χ1v) is 8.18. The minimum absolute atomic E-state index is 0.0425. The molecular formula is C19H28N2O. The molecule has 1 saturated heterocycles. The van der Waals surface area contributed by atoms with Gasteiger partial charge in [0.05, 0.1) is 0 Å². The second-order valence-electron chi connectivity index (χ2n) is 6.74. The number of carbonyl (C=O) groups excluding carboxylic acids is 1. The lowest BCUT2D eigenvalue weighted by Gasteiger charge is -2.44. The van der Waals surface area contributed by atoms with Crippen molar-refractivity contribution in [1.82, 2.24) is 9.80 Å². The maximum absolute atomic E-state index is 11.9. The highest BCUT2D eigenvalue weighted by Gasteiger charge is 2.31. The summed E-state index contributed by atoms with van der Waals surface area (Å²) in [6.07, 6.45) is 1.42. The summed E-state index contributed by atoms with van der Waals surface area (Å²) in [6, 6.07) is 9.36. The number of hydrogen-bond donors (Lipinski definition) is 0. The fourth-order valence-electron chi connectivity index (χ4n) is 3.37. The van der Waals surface area contributed by atoms with E-state index < -0.39 is 0 Å². The summed E-state index contributed by atoms with van der Waals surface area (Å²) in [5.74, 6) is 0.614. The van der Waals surface area contributed by atoms with Gasteiger partial charge in [0.1, 0.15) is 0 Å². The van der Waals surface area contributed by atoms with Gasteiger partial charge < -0.3 is 4.90 Å². The Morgan fingerprint density at radius 2 is 1.77 bits per heavy atom. The van der Waals surface area contributed by atoms with Gasteiger partial charge in [-0.25, -0.2) is 0 Å². The molecule has 2 rings (SSSR count). The van der Waals surface area contributed by atoms with Crippen molar-refractivity contribution in [2.45, 2.75) is 52.2 Å². The molecule has 0 bridgehead atoms. The maximum Gasteiger partial charge on any atom is 0.246 e. The van der Waals surface area contributed by atoms with Crippen LogP contribution in [0.2, 0.25) is 0 Å². The Hall–Kier alpha value is -1.61. The van der Waals surface area contributed by atoms with E-state index in [0.29, 0.717) is 5.92 Å². The van der Waals surface area contributed by atoms with Crippen LogP contribution in [-0.2, 0) is 11.3 Å². The van der Waals surface area contributed by atoms with Crippen molar-refractivity contribution in [2.75, 3.05) is 13.1 Å². The molecule has 2 atom stereocenters. The number of carbonyl (C=O) groups is 1. The number of nitrogens with zero attached hydrogens (tertiary/aromatic N) is 2. The average Bonchev–Trinajstić information content (AvgIpc) is 2.46. The topological polar surface area (TPSA) is 23.6 Å². The van der Waals surface area contributed by atoms with E-state index >= 15 is 0 Å². The van der Waals surface area contributed by atoms with E-state index in [2.05, 4.69) is 63.4 Å². The second kappa shape index (κ2) is 7.10. The number of hydrogen-bond acceptors (Lipinski definition) is 2. The molecule has 1 fully saturated rings. The van der Waals surface area contributed by atoms with Gasteiger partial charge in [0, 0.05) is 31.7 Å². The van der Waals surface area contributed by atoms with Crippen LogP contribution in [0.3, 0.4) is 0 Å². The van der Waals surface area contributed by atoms with Crippen LogP contribution >= 0.6 is 0 Å². The molecule has 3 nitrogen and oxygen atoms in total. The lowest BCUT2D eigenvalue weighted by atomic mass is 10.0. The molecule has 1 aromatic carbocycles. The molecule has 1 aromatic rings. The summed E-state index contributed by atoms with van der Waals surface area (Å²) in [4.78, 5) is 16.3. The van der Waals surface area contributed by atoms with Crippen LogP contribution in [0.25, 0.3) is 0 Å². The van der Waals surface area contributed by atoms with E-state index in [1.807, 2.05) is 4.90 Å². The van der Waals surface area contributed by atoms with Crippen molar-refractivity contribution < 1.29 is 4.79 Å².